The summed E-state index contributed by atoms with van der Waals surface area (Å²) in [6, 6.07) is 6.15. The van der Waals surface area contributed by atoms with E-state index < -0.39 is 0 Å². The maximum Gasteiger partial charge on any atom is 0.137 e. The van der Waals surface area contributed by atoms with E-state index in [1.807, 2.05) is 12.1 Å². The molecule has 19 heavy (non-hydrogen) atoms. The number of nitrogens with one attached hydrogen (secondary N) is 1. The summed E-state index contributed by atoms with van der Waals surface area (Å²) in [5.74, 6) is 1.47. The van der Waals surface area contributed by atoms with Gasteiger partial charge in [-0.05, 0) is 55.0 Å². The molecule has 0 unspecified atom stereocenters. The van der Waals surface area contributed by atoms with E-state index >= 15 is 0 Å². The Hall–Kier alpha value is -0.730. The van der Waals surface area contributed by atoms with Gasteiger partial charge in [0.1, 0.15) is 5.75 Å². The van der Waals surface area contributed by atoms with Crippen molar-refractivity contribution in [2.45, 2.75) is 39.0 Å². The first-order chi connectivity index (χ1) is 8.97. The normalized spacial score (nSPS) is 17.5. The zero-order valence-corrected chi connectivity index (χ0v) is 12.9. The molecule has 1 N–H and O–H groups in total. The molecule has 0 radical (unpaired) electrons. The average molecular weight is 282 g/mol. The first-order valence-corrected chi connectivity index (χ1v) is 7.48. The third kappa shape index (κ3) is 4.12. The van der Waals surface area contributed by atoms with Gasteiger partial charge in [-0.2, -0.15) is 0 Å². The van der Waals surface area contributed by atoms with Crippen molar-refractivity contribution in [3.63, 3.8) is 0 Å². The van der Waals surface area contributed by atoms with Gasteiger partial charge in [0.05, 0.1) is 11.6 Å². The Labute approximate surface area is 121 Å². The molecule has 0 amide bonds. The van der Waals surface area contributed by atoms with Crippen molar-refractivity contribution in [2.75, 3.05) is 19.7 Å². The Morgan fingerprint density at radius 1 is 1.26 bits per heavy atom. The van der Waals surface area contributed by atoms with Crippen LogP contribution in [0.25, 0.3) is 0 Å². The second kappa shape index (κ2) is 6.15. The van der Waals surface area contributed by atoms with Crippen LogP contribution in [0.5, 0.6) is 5.75 Å². The van der Waals surface area contributed by atoms with E-state index in [1.54, 1.807) is 0 Å². The van der Waals surface area contributed by atoms with Gasteiger partial charge >= 0.3 is 0 Å². The predicted molar refractivity (Wildman–Crippen MR) is 81.2 cm³/mol. The van der Waals surface area contributed by atoms with Gasteiger partial charge in [-0.15, -0.1) is 0 Å². The number of benzene rings is 1. The van der Waals surface area contributed by atoms with Gasteiger partial charge in [-0.25, -0.2) is 0 Å². The predicted octanol–water partition coefficient (Wildman–Crippen LogP) is 4.02. The molecule has 1 saturated heterocycles. The summed E-state index contributed by atoms with van der Waals surface area (Å²) in [6.45, 7) is 9.54. The van der Waals surface area contributed by atoms with Crippen molar-refractivity contribution >= 4 is 11.6 Å². The minimum atomic E-state index is 0.122. The van der Waals surface area contributed by atoms with Gasteiger partial charge in [-0.3, -0.25) is 0 Å². The molecule has 3 heteroatoms. The fourth-order valence-electron chi connectivity index (χ4n) is 2.34. The van der Waals surface area contributed by atoms with Crippen LogP contribution in [0.15, 0.2) is 18.2 Å². The highest BCUT2D eigenvalue weighted by atomic mass is 35.5. The molecule has 1 aliphatic heterocycles. The third-order valence-corrected chi connectivity index (χ3v) is 4.03. The molecule has 106 valence electrons. The Bertz CT molecular complexity index is 419. The summed E-state index contributed by atoms with van der Waals surface area (Å²) in [5.41, 5.74) is 1.36. The van der Waals surface area contributed by atoms with Crippen molar-refractivity contribution in [3.05, 3.63) is 28.8 Å². The smallest absolute Gasteiger partial charge is 0.137 e. The number of rotatable bonds is 3. The monoisotopic (exact) mass is 281 g/mol. The lowest BCUT2D eigenvalue weighted by molar-refractivity contribution is 0.215. The van der Waals surface area contributed by atoms with E-state index in [1.165, 1.54) is 18.4 Å². The molecule has 1 aliphatic rings. The first-order valence-electron chi connectivity index (χ1n) is 7.10. The van der Waals surface area contributed by atoms with Crippen molar-refractivity contribution in [2.24, 2.45) is 5.92 Å². The van der Waals surface area contributed by atoms with E-state index in [9.17, 15) is 0 Å². The Kier molecular flexibility index (Phi) is 4.75. The molecule has 0 saturated carbocycles. The fraction of sp³-hybridized carbons (Fsp3) is 0.625. The van der Waals surface area contributed by atoms with Crippen LogP contribution in [-0.4, -0.2) is 19.7 Å². The number of halogens is 1. The highest BCUT2D eigenvalue weighted by Gasteiger charge is 2.17. The third-order valence-electron chi connectivity index (χ3n) is 3.73. The number of piperidine rings is 1. The van der Waals surface area contributed by atoms with Gasteiger partial charge in [0.2, 0.25) is 0 Å². The number of ether oxygens (including phenoxy) is 1. The maximum absolute atomic E-state index is 6.32. The number of hydrogen-bond donors (Lipinski definition) is 1. The average Bonchev–Trinajstić information content (AvgIpc) is 2.37. The van der Waals surface area contributed by atoms with E-state index in [0.717, 1.165) is 30.5 Å². The molecule has 2 rings (SSSR count). The Balaban J connectivity index is 1.97. The largest absolute Gasteiger partial charge is 0.492 e. The molecule has 0 bridgehead atoms. The van der Waals surface area contributed by atoms with Crippen LogP contribution in [0.3, 0.4) is 0 Å². The lowest BCUT2D eigenvalue weighted by atomic mass is 9.87. The second-order valence-electron chi connectivity index (χ2n) is 6.40. The molecule has 1 fully saturated rings. The molecule has 1 aromatic carbocycles. The maximum atomic E-state index is 6.32. The van der Waals surface area contributed by atoms with Crippen LogP contribution in [-0.2, 0) is 5.41 Å². The summed E-state index contributed by atoms with van der Waals surface area (Å²) < 4.78 is 5.88. The highest BCUT2D eigenvalue weighted by Crippen LogP contribution is 2.31. The van der Waals surface area contributed by atoms with E-state index in [0.29, 0.717) is 5.92 Å². The zero-order valence-electron chi connectivity index (χ0n) is 12.1. The van der Waals surface area contributed by atoms with E-state index in [2.05, 4.69) is 32.2 Å². The topological polar surface area (TPSA) is 21.3 Å². The molecule has 0 spiro atoms. The molecule has 1 heterocycles. The summed E-state index contributed by atoms with van der Waals surface area (Å²) in [7, 11) is 0. The molecule has 0 aromatic heterocycles. The SMILES string of the molecule is CC(C)(C)c1ccc(OCC2CCNCC2)c(Cl)c1. The van der Waals surface area contributed by atoms with Gasteiger partial charge in [0.15, 0.2) is 0 Å². The van der Waals surface area contributed by atoms with Gasteiger partial charge in [0, 0.05) is 0 Å². The van der Waals surface area contributed by atoms with Crippen LogP contribution in [0.2, 0.25) is 5.02 Å². The van der Waals surface area contributed by atoms with Crippen molar-refractivity contribution in [1.29, 1.82) is 0 Å². The van der Waals surface area contributed by atoms with Crippen molar-refractivity contribution in [3.8, 4) is 5.75 Å². The first kappa shape index (κ1) is 14.7. The molecule has 0 aliphatic carbocycles. The summed E-state index contributed by atoms with van der Waals surface area (Å²) in [4.78, 5) is 0. The second-order valence-corrected chi connectivity index (χ2v) is 6.81. The fourth-order valence-corrected chi connectivity index (χ4v) is 2.58. The molecule has 2 nitrogen and oxygen atoms in total. The number of hydrogen-bond acceptors (Lipinski definition) is 2. The minimum Gasteiger partial charge on any atom is -0.492 e. The van der Waals surface area contributed by atoms with E-state index in [-0.39, 0.29) is 5.41 Å². The van der Waals surface area contributed by atoms with Gasteiger partial charge < -0.3 is 10.1 Å². The Morgan fingerprint density at radius 3 is 2.53 bits per heavy atom. The van der Waals surface area contributed by atoms with Crippen LogP contribution >= 0.6 is 11.6 Å². The van der Waals surface area contributed by atoms with Gasteiger partial charge in [0.25, 0.3) is 0 Å². The molecular weight excluding hydrogens is 258 g/mol. The zero-order chi connectivity index (χ0) is 13.9. The van der Waals surface area contributed by atoms with Gasteiger partial charge in [-0.1, -0.05) is 38.4 Å². The lowest BCUT2D eigenvalue weighted by Gasteiger charge is -2.24. The summed E-state index contributed by atoms with van der Waals surface area (Å²) in [6.07, 6.45) is 2.38. The Morgan fingerprint density at radius 2 is 1.95 bits per heavy atom. The van der Waals surface area contributed by atoms with Crippen LogP contribution in [0.4, 0.5) is 0 Å². The molecular formula is C16H24ClNO. The lowest BCUT2D eigenvalue weighted by Crippen LogP contribution is -2.30. The van der Waals surface area contributed by atoms with Crippen LogP contribution in [0, 0.1) is 5.92 Å². The molecule has 0 atom stereocenters. The molecule has 1 aromatic rings. The highest BCUT2D eigenvalue weighted by molar-refractivity contribution is 6.32. The summed E-state index contributed by atoms with van der Waals surface area (Å²) >= 11 is 6.32. The van der Waals surface area contributed by atoms with Crippen LogP contribution < -0.4 is 10.1 Å². The van der Waals surface area contributed by atoms with Crippen LogP contribution in [0.1, 0.15) is 39.2 Å². The quantitative estimate of drug-likeness (QED) is 0.904. The minimum absolute atomic E-state index is 0.122. The van der Waals surface area contributed by atoms with Crippen molar-refractivity contribution < 1.29 is 4.74 Å². The summed E-state index contributed by atoms with van der Waals surface area (Å²) in [5, 5.41) is 4.09. The van der Waals surface area contributed by atoms with Crippen molar-refractivity contribution in [1.82, 2.24) is 5.32 Å². The van der Waals surface area contributed by atoms with E-state index in [4.69, 9.17) is 16.3 Å². The standard InChI is InChI=1S/C16H24ClNO/c1-16(2,3)13-4-5-15(14(17)10-13)19-11-12-6-8-18-9-7-12/h4-5,10,12,18H,6-9,11H2,1-3H3.